The van der Waals surface area contributed by atoms with E-state index in [-0.39, 0.29) is 11.3 Å². The third kappa shape index (κ3) is 2.90. The van der Waals surface area contributed by atoms with E-state index in [0.29, 0.717) is 5.56 Å². The highest BCUT2D eigenvalue weighted by atomic mass is 16.5. The van der Waals surface area contributed by atoms with Gasteiger partial charge in [0.15, 0.2) is 0 Å². The lowest BCUT2D eigenvalue weighted by Gasteiger charge is -2.38. The van der Waals surface area contributed by atoms with Crippen molar-refractivity contribution in [3.8, 4) is 5.75 Å². The molecule has 5 heteroatoms. The van der Waals surface area contributed by atoms with Gasteiger partial charge in [0.2, 0.25) is 0 Å². The second-order valence-electron chi connectivity index (χ2n) is 8.03. The standard InChI is InChI=1S/C23H28N2O3/c1-14-12-16(13-15(2)20(14)28-3)22(27)25-19-17-6-4-5-7-18(17)23(21(19)26)8-10-24-11-9-23/h4-7,12-13,19,21,24,26H,8-11H2,1-3H3,(H,25,27)/t19-,21+/m0/s1. The number of amides is 1. The quantitative estimate of drug-likeness (QED) is 0.766. The average Bonchev–Trinajstić information content (AvgIpc) is 2.91. The number of hydrogen-bond donors (Lipinski definition) is 3. The summed E-state index contributed by atoms with van der Waals surface area (Å²) in [5.41, 5.74) is 4.37. The van der Waals surface area contributed by atoms with Crippen molar-refractivity contribution in [3.05, 3.63) is 64.2 Å². The molecule has 1 amide bonds. The summed E-state index contributed by atoms with van der Waals surface area (Å²) in [4.78, 5) is 13.1. The van der Waals surface area contributed by atoms with Crippen LogP contribution >= 0.6 is 0 Å². The summed E-state index contributed by atoms with van der Waals surface area (Å²) in [5, 5.41) is 17.8. The fourth-order valence-electron chi connectivity index (χ4n) is 5.09. The van der Waals surface area contributed by atoms with Gasteiger partial charge in [-0.1, -0.05) is 24.3 Å². The SMILES string of the molecule is COc1c(C)cc(C(=O)N[C@H]2c3ccccc3C3(CCNCC3)[C@@H]2O)cc1C. The van der Waals surface area contributed by atoms with E-state index in [1.54, 1.807) is 7.11 Å². The molecule has 1 aliphatic heterocycles. The first kappa shape index (κ1) is 19.0. The largest absolute Gasteiger partial charge is 0.496 e. The third-order valence-corrected chi connectivity index (χ3v) is 6.42. The molecule has 0 saturated carbocycles. The highest BCUT2D eigenvalue weighted by Gasteiger charge is 2.52. The zero-order valence-electron chi connectivity index (χ0n) is 16.7. The van der Waals surface area contributed by atoms with Crippen LogP contribution in [0, 0.1) is 13.8 Å². The molecule has 0 aromatic heterocycles. The molecule has 1 aliphatic carbocycles. The summed E-state index contributed by atoms with van der Waals surface area (Å²) < 4.78 is 5.41. The van der Waals surface area contributed by atoms with Gasteiger partial charge in [-0.3, -0.25) is 4.79 Å². The molecular weight excluding hydrogens is 352 g/mol. The van der Waals surface area contributed by atoms with Crippen molar-refractivity contribution in [2.75, 3.05) is 20.2 Å². The molecule has 148 valence electrons. The Bertz CT molecular complexity index is 879. The van der Waals surface area contributed by atoms with Gasteiger partial charge in [0, 0.05) is 11.0 Å². The van der Waals surface area contributed by atoms with Crippen LogP contribution in [0.15, 0.2) is 36.4 Å². The van der Waals surface area contributed by atoms with Crippen molar-refractivity contribution in [1.29, 1.82) is 0 Å². The molecule has 1 spiro atoms. The molecule has 2 atom stereocenters. The normalized spacial score (nSPS) is 22.7. The van der Waals surface area contributed by atoms with Crippen LogP contribution < -0.4 is 15.4 Å². The van der Waals surface area contributed by atoms with Crippen LogP contribution in [-0.4, -0.2) is 37.3 Å². The molecule has 0 unspecified atom stereocenters. The lowest BCUT2D eigenvalue weighted by atomic mass is 9.72. The van der Waals surface area contributed by atoms with Gasteiger partial charge in [-0.2, -0.15) is 0 Å². The molecule has 4 rings (SSSR count). The molecule has 0 bridgehead atoms. The van der Waals surface area contributed by atoms with Crippen LogP contribution in [0.5, 0.6) is 5.75 Å². The van der Waals surface area contributed by atoms with E-state index in [9.17, 15) is 9.90 Å². The Hall–Kier alpha value is -2.37. The summed E-state index contributed by atoms with van der Waals surface area (Å²) in [5.74, 6) is 0.634. The van der Waals surface area contributed by atoms with Gasteiger partial charge in [0.05, 0.1) is 19.3 Å². The van der Waals surface area contributed by atoms with Crippen LogP contribution in [0.25, 0.3) is 0 Å². The van der Waals surface area contributed by atoms with Crippen LogP contribution in [-0.2, 0) is 5.41 Å². The van der Waals surface area contributed by atoms with E-state index < -0.39 is 12.1 Å². The van der Waals surface area contributed by atoms with E-state index in [1.807, 2.05) is 44.2 Å². The summed E-state index contributed by atoms with van der Waals surface area (Å²) >= 11 is 0. The first-order valence-corrected chi connectivity index (χ1v) is 9.92. The summed E-state index contributed by atoms with van der Waals surface area (Å²) in [6.07, 6.45) is 1.12. The molecule has 2 aromatic rings. The average molecular weight is 380 g/mol. The molecule has 2 aliphatic rings. The lowest BCUT2D eigenvalue weighted by molar-refractivity contribution is 0.0418. The Balaban J connectivity index is 1.66. The summed E-state index contributed by atoms with van der Waals surface area (Å²) in [6.45, 7) is 5.63. The van der Waals surface area contributed by atoms with Crippen LogP contribution in [0.4, 0.5) is 0 Å². The minimum atomic E-state index is -0.628. The smallest absolute Gasteiger partial charge is 0.251 e. The topological polar surface area (TPSA) is 70.6 Å². The highest BCUT2D eigenvalue weighted by Crippen LogP contribution is 2.50. The van der Waals surface area contributed by atoms with Crippen molar-refractivity contribution < 1.29 is 14.6 Å². The Labute approximate surface area is 166 Å². The van der Waals surface area contributed by atoms with Crippen molar-refractivity contribution >= 4 is 5.91 Å². The number of benzene rings is 2. The molecule has 5 nitrogen and oxygen atoms in total. The van der Waals surface area contributed by atoms with E-state index in [4.69, 9.17) is 4.74 Å². The number of aliphatic hydroxyl groups is 1. The maximum Gasteiger partial charge on any atom is 0.251 e. The van der Waals surface area contributed by atoms with Gasteiger partial charge < -0.3 is 20.5 Å². The van der Waals surface area contributed by atoms with Gasteiger partial charge in [0.25, 0.3) is 5.91 Å². The number of rotatable bonds is 3. The predicted octanol–water partition coefficient (Wildman–Crippen LogP) is 2.78. The zero-order chi connectivity index (χ0) is 19.9. The van der Waals surface area contributed by atoms with Crippen molar-refractivity contribution in [2.24, 2.45) is 0 Å². The number of ether oxygens (including phenoxy) is 1. The number of carbonyl (C=O) groups excluding carboxylic acids is 1. The first-order chi connectivity index (χ1) is 13.5. The number of fused-ring (bicyclic) bond motifs is 2. The van der Waals surface area contributed by atoms with Crippen molar-refractivity contribution in [2.45, 2.75) is 44.2 Å². The van der Waals surface area contributed by atoms with E-state index in [1.165, 1.54) is 5.56 Å². The Morgan fingerprint density at radius 3 is 2.46 bits per heavy atom. The minimum absolute atomic E-state index is 0.168. The maximum atomic E-state index is 13.1. The predicted molar refractivity (Wildman–Crippen MR) is 109 cm³/mol. The number of methoxy groups -OCH3 is 1. The van der Waals surface area contributed by atoms with E-state index in [2.05, 4.69) is 16.7 Å². The van der Waals surface area contributed by atoms with Gasteiger partial charge in [0.1, 0.15) is 5.75 Å². The van der Waals surface area contributed by atoms with Crippen molar-refractivity contribution in [1.82, 2.24) is 10.6 Å². The molecule has 2 aromatic carbocycles. The number of hydrogen-bond acceptors (Lipinski definition) is 4. The minimum Gasteiger partial charge on any atom is -0.496 e. The van der Waals surface area contributed by atoms with E-state index >= 15 is 0 Å². The molecular formula is C23H28N2O3. The fraction of sp³-hybridized carbons (Fsp3) is 0.435. The number of carbonyl (C=O) groups is 1. The van der Waals surface area contributed by atoms with Gasteiger partial charge in [-0.05, 0) is 74.2 Å². The number of aryl methyl sites for hydroxylation is 2. The number of aliphatic hydroxyl groups excluding tert-OH is 1. The van der Waals surface area contributed by atoms with Crippen LogP contribution in [0.2, 0.25) is 0 Å². The highest BCUT2D eigenvalue weighted by molar-refractivity contribution is 5.95. The fourth-order valence-corrected chi connectivity index (χ4v) is 5.09. The molecule has 1 fully saturated rings. The van der Waals surface area contributed by atoms with Crippen LogP contribution in [0.3, 0.4) is 0 Å². The van der Waals surface area contributed by atoms with Crippen molar-refractivity contribution in [3.63, 3.8) is 0 Å². The number of nitrogens with one attached hydrogen (secondary N) is 2. The Morgan fingerprint density at radius 2 is 1.82 bits per heavy atom. The summed E-state index contributed by atoms with van der Waals surface area (Å²) in [6, 6.07) is 11.4. The molecule has 3 N–H and O–H groups in total. The van der Waals surface area contributed by atoms with Gasteiger partial charge in [-0.15, -0.1) is 0 Å². The van der Waals surface area contributed by atoms with Crippen LogP contribution in [0.1, 0.15) is 51.5 Å². The third-order valence-electron chi connectivity index (χ3n) is 6.42. The van der Waals surface area contributed by atoms with Gasteiger partial charge in [-0.25, -0.2) is 0 Å². The lowest BCUT2D eigenvalue weighted by Crippen LogP contribution is -2.48. The van der Waals surface area contributed by atoms with Gasteiger partial charge >= 0.3 is 0 Å². The Kier molecular flexibility index (Phi) is 4.89. The molecule has 0 radical (unpaired) electrons. The molecule has 1 saturated heterocycles. The zero-order valence-corrected chi connectivity index (χ0v) is 16.7. The maximum absolute atomic E-state index is 13.1. The molecule has 28 heavy (non-hydrogen) atoms. The Morgan fingerprint density at radius 1 is 1.18 bits per heavy atom. The number of piperidine rings is 1. The molecule has 1 heterocycles. The summed E-state index contributed by atoms with van der Waals surface area (Å²) in [7, 11) is 1.64. The first-order valence-electron chi connectivity index (χ1n) is 9.92. The second kappa shape index (κ2) is 7.22. The monoisotopic (exact) mass is 380 g/mol. The van der Waals surface area contributed by atoms with E-state index in [0.717, 1.165) is 48.4 Å². The second-order valence-corrected chi connectivity index (χ2v) is 8.03.